The molecule has 4 heteroatoms. The molecule has 1 aliphatic rings. The Balaban J connectivity index is 0.00000361. The Morgan fingerprint density at radius 3 is 2.55 bits per heavy atom. The van der Waals surface area contributed by atoms with Gasteiger partial charge in [0.15, 0.2) is 0 Å². The number of carbonyl (C=O) groups excluding carboxylic acids is 1. The zero-order chi connectivity index (χ0) is 14.3. The summed E-state index contributed by atoms with van der Waals surface area (Å²) in [6.45, 7) is 7.45. The molecule has 0 bridgehead atoms. The summed E-state index contributed by atoms with van der Waals surface area (Å²) in [5, 5.41) is 0. The van der Waals surface area contributed by atoms with Crippen LogP contribution in [0.4, 0.5) is 0 Å². The molecule has 1 rings (SSSR count). The monoisotopic (exact) mass is 305 g/mol. The number of hydrogen-bond acceptors (Lipinski definition) is 3. The predicted octanol–water partition coefficient (Wildman–Crippen LogP) is 3.93. The van der Waals surface area contributed by atoms with Crippen molar-refractivity contribution in [3.63, 3.8) is 0 Å². The second kappa shape index (κ2) is 10.4. The van der Waals surface area contributed by atoms with Crippen LogP contribution in [0.5, 0.6) is 0 Å². The average molecular weight is 306 g/mol. The second-order valence-electron chi connectivity index (χ2n) is 6.45. The molecule has 120 valence electrons. The molecule has 2 N–H and O–H groups in total. The summed E-state index contributed by atoms with van der Waals surface area (Å²) in [7, 11) is 0. The van der Waals surface area contributed by atoms with Crippen molar-refractivity contribution < 1.29 is 9.53 Å². The minimum Gasteiger partial charge on any atom is -0.462 e. The van der Waals surface area contributed by atoms with Gasteiger partial charge in [-0.2, -0.15) is 0 Å². The van der Waals surface area contributed by atoms with Gasteiger partial charge in [-0.25, -0.2) is 0 Å². The van der Waals surface area contributed by atoms with E-state index in [0.717, 1.165) is 25.7 Å². The fourth-order valence-electron chi connectivity index (χ4n) is 3.07. The Bertz CT molecular complexity index is 271. The molecule has 0 aromatic carbocycles. The average Bonchev–Trinajstić information content (AvgIpc) is 2.34. The summed E-state index contributed by atoms with van der Waals surface area (Å²) in [6, 6.07) is 0. The van der Waals surface area contributed by atoms with Crippen LogP contribution >= 0.6 is 12.4 Å². The van der Waals surface area contributed by atoms with Gasteiger partial charge in [-0.15, -0.1) is 12.4 Å². The third-order valence-corrected chi connectivity index (χ3v) is 4.33. The SMILES string of the molecule is CC1CCC(C(C)C)C(OC(=O)CCCCCN)C1.Cl. The Labute approximate surface area is 130 Å². The van der Waals surface area contributed by atoms with Crippen LogP contribution in [0.2, 0.25) is 0 Å². The molecule has 0 aliphatic heterocycles. The minimum absolute atomic E-state index is 0. The van der Waals surface area contributed by atoms with Gasteiger partial charge in [0, 0.05) is 6.42 Å². The second-order valence-corrected chi connectivity index (χ2v) is 6.45. The molecule has 3 unspecified atom stereocenters. The fraction of sp³-hybridized carbons (Fsp3) is 0.938. The molecule has 0 aromatic rings. The molecule has 0 heterocycles. The zero-order valence-electron chi connectivity index (χ0n) is 13.3. The first-order chi connectivity index (χ1) is 9.04. The van der Waals surface area contributed by atoms with Crippen molar-refractivity contribution in [3.05, 3.63) is 0 Å². The molecule has 3 nitrogen and oxygen atoms in total. The lowest BCUT2D eigenvalue weighted by Gasteiger charge is -2.36. The lowest BCUT2D eigenvalue weighted by molar-refractivity contribution is -0.156. The largest absolute Gasteiger partial charge is 0.462 e. The maximum Gasteiger partial charge on any atom is 0.306 e. The topological polar surface area (TPSA) is 52.3 Å². The highest BCUT2D eigenvalue weighted by atomic mass is 35.5. The van der Waals surface area contributed by atoms with Crippen molar-refractivity contribution in [1.82, 2.24) is 0 Å². The van der Waals surface area contributed by atoms with Crippen LogP contribution in [0.1, 0.15) is 65.7 Å². The highest BCUT2D eigenvalue weighted by Crippen LogP contribution is 2.35. The standard InChI is InChI=1S/C16H31NO2.ClH/c1-12(2)14-9-8-13(3)11-15(14)19-16(18)7-5-4-6-10-17;/h12-15H,4-11,17H2,1-3H3;1H. The first-order valence-electron chi connectivity index (χ1n) is 7.94. The van der Waals surface area contributed by atoms with Crippen LogP contribution in [-0.2, 0) is 9.53 Å². The maximum absolute atomic E-state index is 11.9. The Kier molecular flexibility index (Phi) is 10.3. The van der Waals surface area contributed by atoms with Crippen molar-refractivity contribution >= 4 is 18.4 Å². The van der Waals surface area contributed by atoms with Crippen molar-refractivity contribution in [2.75, 3.05) is 6.54 Å². The highest BCUT2D eigenvalue weighted by molar-refractivity contribution is 5.85. The minimum atomic E-state index is -0.0122. The molecule has 1 saturated carbocycles. The van der Waals surface area contributed by atoms with Crippen LogP contribution in [0.25, 0.3) is 0 Å². The van der Waals surface area contributed by atoms with Gasteiger partial charge in [0.1, 0.15) is 6.10 Å². The van der Waals surface area contributed by atoms with E-state index in [1.165, 1.54) is 12.8 Å². The van der Waals surface area contributed by atoms with Gasteiger partial charge in [0.2, 0.25) is 0 Å². The highest BCUT2D eigenvalue weighted by Gasteiger charge is 2.33. The zero-order valence-corrected chi connectivity index (χ0v) is 14.1. The van der Waals surface area contributed by atoms with E-state index in [-0.39, 0.29) is 24.5 Å². The van der Waals surface area contributed by atoms with Crippen LogP contribution < -0.4 is 5.73 Å². The van der Waals surface area contributed by atoms with Crippen molar-refractivity contribution in [2.45, 2.75) is 71.8 Å². The van der Waals surface area contributed by atoms with Gasteiger partial charge >= 0.3 is 5.97 Å². The van der Waals surface area contributed by atoms with Gasteiger partial charge < -0.3 is 10.5 Å². The number of ether oxygens (including phenoxy) is 1. The summed E-state index contributed by atoms with van der Waals surface area (Å²) in [4.78, 5) is 11.9. The molecule has 0 amide bonds. The quantitative estimate of drug-likeness (QED) is 0.572. The molecular weight excluding hydrogens is 274 g/mol. The third kappa shape index (κ3) is 6.94. The van der Waals surface area contributed by atoms with E-state index >= 15 is 0 Å². The third-order valence-electron chi connectivity index (χ3n) is 4.33. The van der Waals surface area contributed by atoms with E-state index in [2.05, 4.69) is 20.8 Å². The van der Waals surface area contributed by atoms with Crippen LogP contribution in [0, 0.1) is 17.8 Å². The lowest BCUT2D eigenvalue weighted by Crippen LogP contribution is -2.35. The normalized spacial score (nSPS) is 26.1. The number of nitrogens with two attached hydrogens (primary N) is 1. The van der Waals surface area contributed by atoms with Crippen molar-refractivity contribution in [2.24, 2.45) is 23.5 Å². The summed E-state index contributed by atoms with van der Waals surface area (Å²) in [6.07, 6.45) is 7.14. The summed E-state index contributed by atoms with van der Waals surface area (Å²) < 4.78 is 5.75. The number of esters is 1. The van der Waals surface area contributed by atoms with Gasteiger partial charge in [-0.05, 0) is 50.0 Å². The number of rotatable bonds is 7. The van der Waals surface area contributed by atoms with E-state index in [1.807, 2.05) is 0 Å². The van der Waals surface area contributed by atoms with Crippen LogP contribution in [0.15, 0.2) is 0 Å². The van der Waals surface area contributed by atoms with E-state index in [9.17, 15) is 4.79 Å². The van der Waals surface area contributed by atoms with E-state index in [4.69, 9.17) is 10.5 Å². The first-order valence-corrected chi connectivity index (χ1v) is 7.94. The number of hydrogen-bond donors (Lipinski definition) is 1. The lowest BCUT2D eigenvalue weighted by atomic mass is 9.75. The molecule has 1 fully saturated rings. The number of carbonyl (C=O) groups is 1. The van der Waals surface area contributed by atoms with Gasteiger partial charge in [0.25, 0.3) is 0 Å². The van der Waals surface area contributed by atoms with Crippen molar-refractivity contribution in [3.8, 4) is 0 Å². The molecular formula is C16H32ClNO2. The van der Waals surface area contributed by atoms with Gasteiger partial charge in [-0.1, -0.05) is 33.6 Å². The molecule has 0 aromatic heterocycles. The fourth-order valence-corrected chi connectivity index (χ4v) is 3.07. The maximum atomic E-state index is 11.9. The summed E-state index contributed by atoms with van der Waals surface area (Å²) in [5.41, 5.74) is 5.45. The molecule has 1 aliphatic carbocycles. The predicted molar refractivity (Wildman–Crippen MR) is 86.0 cm³/mol. The van der Waals surface area contributed by atoms with Gasteiger partial charge in [-0.3, -0.25) is 4.79 Å². The summed E-state index contributed by atoms with van der Waals surface area (Å²) >= 11 is 0. The smallest absolute Gasteiger partial charge is 0.306 e. The van der Waals surface area contributed by atoms with Crippen LogP contribution in [0.3, 0.4) is 0 Å². The first kappa shape index (κ1) is 19.7. The van der Waals surface area contributed by atoms with E-state index < -0.39 is 0 Å². The van der Waals surface area contributed by atoms with Crippen molar-refractivity contribution in [1.29, 1.82) is 0 Å². The van der Waals surface area contributed by atoms with Crippen LogP contribution in [-0.4, -0.2) is 18.6 Å². The molecule has 0 spiro atoms. The Morgan fingerprint density at radius 2 is 1.95 bits per heavy atom. The number of unbranched alkanes of at least 4 members (excludes halogenated alkanes) is 2. The van der Waals surface area contributed by atoms with Gasteiger partial charge in [0.05, 0.1) is 0 Å². The van der Waals surface area contributed by atoms with E-state index in [0.29, 0.717) is 30.7 Å². The Hall–Kier alpha value is -0.280. The Morgan fingerprint density at radius 1 is 1.25 bits per heavy atom. The number of halogens is 1. The molecule has 20 heavy (non-hydrogen) atoms. The molecule has 3 atom stereocenters. The van der Waals surface area contributed by atoms with E-state index in [1.54, 1.807) is 0 Å². The molecule has 0 radical (unpaired) electrons. The summed E-state index contributed by atoms with van der Waals surface area (Å²) in [5.74, 6) is 1.82. The molecule has 0 saturated heterocycles.